The van der Waals surface area contributed by atoms with E-state index in [4.69, 9.17) is 11.6 Å². The maximum Gasteiger partial charge on any atom is 0.267 e. The molecule has 8 nitrogen and oxygen atoms in total. The number of halogens is 1. The molecule has 0 radical (unpaired) electrons. The number of carbonyl (C=O) groups is 2. The van der Waals surface area contributed by atoms with Crippen molar-refractivity contribution in [2.75, 3.05) is 24.3 Å². The van der Waals surface area contributed by atoms with Crippen molar-refractivity contribution in [3.05, 3.63) is 106 Å². The summed E-state index contributed by atoms with van der Waals surface area (Å²) < 4.78 is 30.0. The summed E-state index contributed by atoms with van der Waals surface area (Å²) in [4.78, 5) is 29.1. The Morgan fingerprint density at radius 3 is 1.97 bits per heavy atom. The van der Waals surface area contributed by atoms with E-state index in [1.165, 1.54) is 12.1 Å². The molecule has 0 saturated carbocycles. The van der Waals surface area contributed by atoms with Gasteiger partial charge in [-0.3, -0.25) is 9.59 Å². The summed E-state index contributed by atoms with van der Waals surface area (Å²) >= 11 is 6.08. The Bertz CT molecular complexity index is 1660. The van der Waals surface area contributed by atoms with E-state index in [9.17, 15) is 18.0 Å². The molecule has 3 aromatic carbocycles. The number of aromatic nitrogens is 1. The average Bonchev–Trinajstić information content (AvgIpc) is 3.14. The maximum atomic E-state index is 13.6. The fourth-order valence-corrected chi connectivity index (χ4v) is 5.54. The van der Waals surface area contributed by atoms with E-state index in [2.05, 4.69) is 10.0 Å². The lowest BCUT2D eigenvalue weighted by atomic mass is 10.1. The van der Waals surface area contributed by atoms with Gasteiger partial charge >= 0.3 is 0 Å². The van der Waals surface area contributed by atoms with E-state index >= 15 is 0 Å². The first-order chi connectivity index (χ1) is 18.4. The molecule has 202 valence electrons. The lowest BCUT2D eigenvalue weighted by Gasteiger charge is -2.15. The minimum atomic E-state index is -4.19. The van der Waals surface area contributed by atoms with Crippen molar-refractivity contribution in [2.24, 2.45) is 0 Å². The van der Waals surface area contributed by atoms with Crippen LogP contribution < -0.4 is 14.9 Å². The third kappa shape index (κ3) is 5.84. The van der Waals surface area contributed by atoms with Crippen molar-refractivity contribution in [3.8, 4) is 5.69 Å². The van der Waals surface area contributed by atoms with Gasteiger partial charge in [-0.2, -0.15) is 0 Å². The molecular formula is C29H29ClN4O4S. The molecule has 0 spiro atoms. The number of rotatable bonds is 7. The van der Waals surface area contributed by atoms with Crippen LogP contribution in [0.3, 0.4) is 0 Å². The molecule has 0 aliphatic heterocycles. The third-order valence-corrected chi connectivity index (χ3v) is 7.95. The van der Waals surface area contributed by atoms with Crippen molar-refractivity contribution in [1.82, 2.24) is 9.29 Å². The highest BCUT2D eigenvalue weighted by atomic mass is 35.5. The monoisotopic (exact) mass is 564 g/mol. The van der Waals surface area contributed by atoms with Gasteiger partial charge < -0.3 is 14.8 Å². The van der Waals surface area contributed by atoms with Crippen molar-refractivity contribution in [2.45, 2.75) is 25.7 Å². The zero-order valence-electron chi connectivity index (χ0n) is 22.2. The standard InChI is InChI=1S/C29H29ClN4O4S/c1-18-9-15-25(16-10-18)39(37,38)32-29(36)27-20(3)34(24-13-11-23(12-14-24)33(4)5)19(2)26(27)28(35)31-22-8-6-7-21(30)17-22/h6-17H,1-5H3,(H,31,35)(H,32,36). The topological polar surface area (TPSA) is 101 Å². The van der Waals surface area contributed by atoms with Crippen LogP contribution in [-0.4, -0.2) is 38.9 Å². The van der Waals surface area contributed by atoms with Gasteiger partial charge in [0.1, 0.15) is 0 Å². The minimum absolute atomic E-state index is 0.0422. The normalized spacial score (nSPS) is 11.2. The number of amides is 2. The fourth-order valence-electron chi connectivity index (χ4n) is 4.39. The van der Waals surface area contributed by atoms with Gasteiger partial charge in [0.15, 0.2) is 0 Å². The van der Waals surface area contributed by atoms with Crippen LogP contribution in [0, 0.1) is 20.8 Å². The summed E-state index contributed by atoms with van der Waals surface area (Å²) in [5, 5.41) is 3.21. The first kappa shape index (κ1) is 27.9. The highest BCUT2D eigenvalue weighted by molar-refractivity contribution is 7.90. The first-order valence-corrected chi connectivity index (χ1v) is 14.0. The molecule has 2 N–H and O–H groups in total. The molecule has 1 aromatic heterocycles. The van der Waals surface area contributed by atoms with Gasteiger partial charge in [-0.25, -0.2) is 13.1 Å². The van der Waals surface area contributed by atoms with Gasteiger partial charge in [0.2, 0.25) is 0 Å². The van der Waals surface area contributed by atoms with Crippen LogP contribution in [0.1, 0.15) is 37.7 Å². The Morgan fingerprint density at radius 2 is 1.41 bits per heavy atom. The SMILES string of the molecule is Cc1ccc(S(=O)(=O)NC(=O)c2c(C(=O)Nc3cccc(Cl)c3)c(C)n(-c3ccc(N(C)C)cc3)c2C)cc1. The highest BCUT2D eigenvalue weighted by Gasteiger charge is 2.31. The Morgan fingerprint density at radius 1 is 0.821 bits per heavy atom. The number of anilines is 2. The number of aryl methyl sites for hydroxylation is 1. The van der Waals surface area contributed by atoms with Gasteiger partial charge in [-0.15, -0.1) is 0 Å². The summed E-state index contributed by atoms with van der Waals surface area (Å²) in [7, 11) is -0.341. The van der Waals surface area contributed by atoms with Gasteiger partial charge in [0, 0.05) is 47.6 Å². The second kappa shape index (κ2) is 11.0. The molecule has 0 aliphatic carbocycles. The Kier molecular flexibility index (Phi) is 7.85. The molecule has 0 aliphatic rings. The zero-order chi connectivity index (χ0) is 28.5. The van der Waals surface area contributed by atoms with Gasteiger partial charge in [-0.1, -0.05) is 35.4 Å². The number of carbonyl (C=O) groups excluding carboxylic acids is 2. The fraction of sp³-hybridized carbons (Fsp3) is 0.172. The van der Waals surface area contributed by atoms with E-state index in [0.29, 0.717) is 27.8 Å². The van der Waals surface area contributed by atoms with Gasteiger partial charge in [0.05, 0.1) is 16.0 Å². The molecule has 2 amide bonds. The van der Waals surface area contributed by atoms with Crippen molar-refractivity contribution in [3.63, 3.8) is 0 Å². The molecule has 0 fully saturated rings. The van der Waals surface area contributed by atoms with Crippen LogP contribution in [0.15, 0.2) is 77.7 Å². The van der Waals surface area contributed by atoms with Crippen LogP contribution in [0.25, 0.3) is 5.69 Å². The van der Waals surface area contributed by atoms with E-state index in [1.807, 2.05) is 50.2 Å². The quantitative estimate of drug-likeness (QED) is 0.309. The summed E-state index contributed by atoms with van der Waals surface area (Å²) in [6.45, 7) is 5.22. The molecule has 1 heterocycles. The predicted octanol–water partition coefficient (Wildman–Crippen LogP) is 5.49. The van der Waals surface area contributed by atoms with E-state index in [0.717, 1.165) is 11.3 Å². The number of nitrogens with zero attached hydrogens (tertiary/aromatic N) is 2. The van der Waals surface area contributed by atoms with E-state index in [1.54, 1.807) is 54.8 Å². The highest BCUT2D eigenvalue weighted by Crippen LogP contribution is 2.29. The number of hydrogen-bond acceptors (Lipinski definition) is 5. The van der Waals surface area contributed by atoms with Crippen LogP contribution in [-0.2, 0) is 10.0 Å². The first-order valence-electron chi connectivity index (χ1n) is 12.1. The molecule has 39 heavy (non-hydrogen) atoms. The Labute approximate surface area is 233 Å². The average molecular weight is 565 g/mol. The van der Waals surface area contributed by atoms with Crippen molar-refractivity contribution >= 4 is 44.8 Å². The summed E-state index contributed by atoms with van der Waals surface area (Å²) in [6, 6.07) is 20.3. The Balaban J connectivity index is 1.82. The smallest absolute Gasteiger partial charge is 0.267 e. The second-order valence-electron chi connectivity index (χ2n) is 9.38. The molecule has 4 aromatic rings. The molecule has 10 heteroatoms. The Hall–Kier alpha value is -4.08. The maximum absolute atomic E-state index is 13.6. The second-order valence-corrected chi connectivity index (χ2v) is 11.5. The van der Waals surface area contributed by atoms with Crippen molar-refractivity contribution < 1.29 is 18.0 Å². The molecular weight excluding hydrogens is 536 g/mol. The molecule has 0 bridgehead atoms. The zero-order valence-corrected chi connectivity index (χ0v) is 23.8. The van der Waals surface area contributed by atoms with E-state index in [-0.39, 0.29) is 16.0 Å². The van der Waals surface area contributed by atoms with Crippen LogP contribution in [0.4, 0.5) is 11.4 Å². The lowest BCUT2D eigenvalue weighted by molar-refractivity contribution is 0.0963. The lowest BCUT2D eigenvalue weighted by Crippen LogP contribution is -2.32. The molecule has 0 unspecified atom stereocenters. The summed E-state index contributed by atoms with van der Waals surface area (Å²) in [5.74, 6) is -1.48. The van der Waals surface area contributed by atoms with Crippen molar-refractivity contribution in [1.29, 1.82) is 0 Å². The number of nitrogens with one attached hydrogen (secondary N) is 2. The van der Waals surface area contributed by atoms with Gasteiger partial charge in [0.25, 0.3) is 21.8 Å². The minimum Gasteiger partial charge on any atom is -0.378 e. The van der Waals surface area contributed by atoms with Gasteiger partial charge in [-0.05, 0) is 75.4 Å². The van der Waals surface area contributed by atoms with E-state index < -0.39 is 21.8 Å². The molecule has 0 saturated heterocycles. The number of benzene rings is 3. The van der Waals surface area contributed by atoms with Crippen LogP contribution in [0.2, 0.25) is 5.02 Å². The summed E-state index contributed by atoms with van der Waals surface area (Å²) in [6.07, 6.45) is 0. The largest absolute Gasteiger partial charge is 0.378 e. The molecule has 0 atom stereocenters. The predicted molar refractivity (Wildman–Crippen MR) is 155 cm³/mol. The third-order valence-electron chi connectivity index (χ3n) is 6.36. The number of hydrogen-bond donors (Lipinski definition) is 2. The molecule has 4 rings (SSSR count). The van der Waals surface area contributed by atoms with Crippen LogP contribution >= 0.6 is 11.6 Å². The number of sulfonamides is 1. The summed E-state index contributed by atoms with van der Waals surface area (Å²) in [5.41, 5.74) is 3.91. The van der Waals surface area contributed by atoms with Crippen LogP contribution in [0.5, 0.6) is 0 Å².